The van der Waals surface area contributed by atoms with Crippen LogP contribution in [0.4, 0.5) is 5.69 Å². The first-order chi connectivity index (χ1) is 8.33. The summed E-state index contributed by atoms with van der Waals surface area (Å²) < 4.78 is 0. The van der Waals surface area contributed by atoms with Gasteiger partial charge in [-0.1, -0.05) is 18.2 Å². The summed E-state index contributed by atoms with van der Waals surface area (Å²) >= 11 is 6.11. The van der Waals surface area contributed by atoms with E-state index < -0.39 is 0 Å². The van der Waals surface area contributed by atoms with Gasteiger partial charge >= 0.3 is 0 Å². The van der Waals surface area contributed by atoms with Crippen LogP contribution in [0.3, 0.4) is 0 Å². The van der Waals surface area contributed by atoms with Crippen LogP contribution in [0.25, 0.3) is 5.57 Å². The molecule has 2 aliphatic heterocycles. The van der Waals surface area contributed by atoms with Gasteiger partial charge in [0.15, 0.2) is 0 Å². The molecule has 0 radical (unpaired) electrons. The number of hydrogen-bond donors (Lipinski definition) is 0. The first-order valence-corrected chi connectivity index (χ1v) is 7.15. The van der Waals surface area contributed by atoms with E-state index in [1.54, 1.807) is 0 Å². The van der Waals surface area contributed by atoms with Gasteiger partial charge in [0.1, 0.15) is 0 Å². The van der Waals surface area contributed by atoms with Gasteiger partial charge < -0.3 is 0 Å². The highest BCUT2D eigenvalue weighted by Crippen LogP contribution is 2.37. The van der Waals surface area contributed by atoms with Gasteiger partial charge in [0.05, 0.1) is 15.9 Å². The molecule has 86 valence electrons. The topological polar surface area (TPSA) is 6.48 Å². The Morgan fingerprint density at radius 3 is 2.53 bits per heavy atom. The monoisotopic (exact) mass is 260 g/mol. The molecular formula is C13H13ClN2Si. The van der Waals surface area contributed by atoms with E-state index in [4.69, 9.17) is 11.6 Å². The molecule has 0 atom stereocenters. The van der Waals surface area contributed by atoms with Gasteiger partial charge in [-0.05, 0) is 23.8 Å². The zero-order chi connectivity index (χ0) is 11.8. The number of hydrogen-bond acceptors (Lipinski definition) is 2. The maximum absolute atomic E-state index is 6.11. The van der Waals surface area contributed by atoms with Crippen molar-refractivity contribution in [3.05, 3.63) is 59.7 Å². The molecule has 0 N–H and O–H groups in total. The van der Waals surface area contributed by atoms with Crippen molar-refractivity contribution in [2.75, 3.05) is 10.9 Å². The van der Waals surface area contributed by atoms with Crippen molar-refractivity contribution in [3.63, 3.8) is 0 Å². The van der Waals surface area contributed by atoms with E-state index in [0.717, 1.165) is 10.2 Å². The number of allylic oxidation sites excluding steroid dienone is 3. The Morgan fingerprint density at radius 2 is 1.76 bits per heavy atom. The molecular weight excluding hydrogens is 248 g/mol. The molecule has 0 aliphatic carbocycles. The Hall–Kier alpha value is -1.45. The Bertz CT molecular complexity index is 548. The van der Waals surface area contributed by atoms with Crippen LogP contribution in [-0.2, 0) is 0 Å². The summed E-state index contributed by atoms with van der Waals surface area (Å²) in [4.78, 5) is 0. The molecule has 0 saturated carbocycles. The molecule has 4 heteroatoms. The second-order valence-corrected chi connectivity index (χ2v) is 5.30. The Morgan fingerprint density at radius 1 is 1.06 bits per heavy atom. The minimum Gasteiger partial charge on any atom is -0.266 e. The standard InChI is InChI=1S/C13H13ClN2Si/c14-9-11-10-5-1-2-6-12(10)15-7-3-4-8-16(15)13(11)17/h1-8H,9H2,17H3. The van der Waals surface area contributed by atoms with E-state index in [2.05, 4.69) is 46.7 Å². The second-order valence-electron chi connectivity index (χ2n) is 4.09. The average molecular weight is 261 g/mol. The lowest BCUT2D eigenvalue weighted by molar-refractivity contribution is 0.488. The van der Waals surface area contributed by atoms with Crippen molar-refractivity contribution in [1.29, 1.82) is 0 Å². The van der Waals surface area contributed by atoms with Crippen molar-refractivity contribution >= 4 is 33.1 Å². The number of nitrogens with zero attached hydrogens (tertiary/aromatic N) is 2. The first kappa shape index (κ1) is 10.7. The molecule has 0 fully saturated rings. The third-order valence-electron chi connectivity index (χ3n) is 3.19. The molecule has 0 spiro atoms. The highest BCUT2D eigenvalue weighted by Gasteiger charge is 2.25. The first-order valence-electron chi connectivity index (χ1n) is 5.61. The SMILES string of the molecule is [SiH3]C1=C(CCl)c2ccccc2N2C=CC=CN12. The summed E-state index contributed by atoms with van der Waals surface area (Å²) in [7, 11) is 0.976. The zero-order valence-electron chi connectivity index (χ0n) is 9.60. The maximum Gasteiger partial charge on any atom is 0.0705 e. The van der Waals surface area contributed by atoms with Crippen molar-refractivity contribution < 1.29 is 0 Å². The van der Waals surface area contributed by atoms with Crippen LogP contribution in [0.1, 0.15) is 5.56 Å². The highest BCUT2D eigenvalue weighted by atomic mass is 35.5. The van der Waals surface area contributed by atoms with Crippen molar-refractivity contribution in [2.24, 2.45) is 0 Å². The van der Waals surface area contributed by atoms with E-state index in [0.29, 0.717) is 5.88 Å². The number of alkyl halides is 1. The largest absolute Gasteiger partial charge is 0.266 e. The lowest BCUT2D eigenvalue weighted by Crippen LogP contribution is -2.39. The van der Waals surface area contributed by atoms with Gasteiger partial charge in [0.2, 0.25) is 0 Å². The minimum absolute atomic E-state index is 0.567. The number of rotatable bonds is 1. The molecule has 0 amide bonds. The number of fused-ring (bicyclic) bond motifs is 3. The fourth-order valence-electron chi connectivity index (χ4n) is 2.31. The van der Waals surface area contributed by atoms with Gasteiger partial charge in [0.25, 0.3) is 0 Å². The van der Waals surface area contributed by atoms with Gasteiger partial charge in [-0.15, -0.1) is 11.6 Å². The molecule has 0 unspecified atom stereocenters. The van der Waals surface area contributed by atoms with Crippen LogP contribution in [-0.4, -0.2) is 21.1 Å². The Labute approximate surface area is 109 Å². The number of para-hydroxylation sites is 1. The number of hydrazine groups is 1. The minimum atomic E-state index is 0.567. The van der Waals surface area contributed by atoms with Gasteiger partial charge in [-0.2, -0.15) is 0 Å². The third-order valence-corrected chi connectivity index (χ3v) is 4.52. The molecule has 1 aromatic carbocycles. The quantitative estimate of drug-likeness (QED) is 0.563. The van der Waals surface area contributed by atoms with Crippen molar-refractivity contribution in [2.45, 2.75) is 0 Å². The average Bonchev–Trinajstić information content (AvgIpc) is 2.40. The Balaban J connectivity index is 2.24. The molecule has 17 heavy (non-hydrogen) atoms. The van der Waals surface area contributed by atoms with Crippen molar-refractivity contribution in [3.8, 4) is 0 Å². The molecule has 0 saturated heterocycles. The van der Waals surface area contributed by atoms with Crippen LogP contribution < -0.4 is 5.01 Å². The summed E-state index contributed by atoms with van der Waals surface area (Å²) in [6.07, 6.45) is 8.27. The summed E-state index contributed by atoms with van der Waals surface area (Å²) in [6.45, 7) is 0. The summed E-state index contributed by atoms with van der Waals surface area (Å²) in [6, 6.07) is 8.41. The third kappa shape index (κ3) is 1.54. The van der Waals surface area contributed by atoms with Crippen LogP contribution >= 0.6 is 11.6 Å². The van der Waals surface area contributed by atoms with Crippen molar-refractivity contribution in [1.82, 2.24) is 5.01 Å². The van der Waals surface area contributed by atoms with Gasteiger partial charge in [0, 0.05) is 29.2 Å². The van der Waals surface area contributed by atoms with E-state index in [1.165, 1.54) is 22.1 Å². The number of anilines is 1. The fraction of sp³-hybridized carbons (Fsp3) is 0.0769. The van der Waals surface area contributed by atoms with Crippen LogP contribution in [0.15, 0.2) is 54.1 Å². The number of halogens is 1. The van der Waals surface area contributed by atoms with Crippen LogP contribution in [0.2, 0.25) is 0 Å². The maximum atomic E-state index is 6.11. The molecule has 2 heterocycles. The summed E-state index contributed by atoms with van der Waals surface area (Å²) in [5.74, 6) is 0.567. The molecule has 0 aromatic heterocycles. The lowest BCUT2D eigenvalue weighted by Gasteiger charge is -2.41. The normalized spacial score (nSPS) is 17.5. The molecule has 1 aromatic rings. The smallest absolute Gasteiger partial charge is 0.0705 e. The highest BCUT2D eigenvalue weighted by molar-refractivity contribution is 6.31. The van der Waals surface area contributed by atoms with Crippen LogP contribution in [0.5, 0.6) is 0 Å². The predicted octanol–water partition coefficient (Wildman–Crippen LogP) is 2.04. The Kier molecular flexibility index (Phi) is 2.57. The number of benzene rings is 1. The lowest BCUT2D eigenvalue weighted by atomic mass is 10.0. The molecule has 0 bridgehead atoms. The summed E-state index contributed by atoms with van der Waals surface area (Å²) in [5.41, 5.74) is 3.71. The van der Waals surface area contributed by atoms with Gasteiger partial charge in [-0.25, -0.2) is 0 Å². The molecule has 2 nitrogen and oxygen atoms in total. The van der Waals surface area contributed by atoms with Crippen LogP contribution in [0, 0.1) is 0 Å². The second kappa shape index (κ2) is 4.09. The predicted molar refractivity (Wildman–Crippen MR) is 76.6 cm³/mol. The van der Waals surface area contributed by atoms with E-state index in [9.17, 15) is 0 Å². The van der Waals surface area contributed by atoms with E-state index in [-0.39, 0.29) is 0 Å². The fourth-order valence-corrected chi connectivity index (χ4v) is 3.68. The molecule has 2 aliphatic rings. The molecule has 3 rings (SSSR count). The zero-order valence-corrected chi connectivity index (χ0v) is 12.4. The van der Waals surface area contributed by atoms with E-state index in [1.807, 2.05) is 12.2 Å². The van der Waals surface area contributed by atoms with E-state index >= 15 is 0 Å². The summed E-state index contributed by atoms with van der Waals surface area (Å²) in [5, 5.41) is 5.68. The van der Waals surface area contributed by atoms with Gasteiger partial charge in [-0.3, -0.25) is 10.0 Å².